The number of benzene rings is 2. The fraction of sp³-hybridized carbons (Fsp3) is 0.312. The van der Waals surface area contributed by atoms with Gasteiger partial charge in [-0.3, -0.25) is 14.6 Å². The maximum absolute atomic E-state index is 13.6. The van der Waals surface area contributed by atoms with Crippen molar-refractivity contribution in [3.8, 4) is 22.8 Å². The van der Waals surface area contributed by atoms with Gasteiger partial charge in [-0.15, -0.1) is 0 Å². The number of carboxylic acids is 1. The van der Waals surface area contributed by atoms with Gasteiger partial charge in [0.15, 0.2) is 5.78 Å². The van der Waals surface area contributed by atoms with Gasteiger partial charge in [-0.2, -0.15) is 0 Å². The van der Waals surface area contributed by atoms with Crippen LogP contribution >= 0.6 is 0 Å². The standard InChI is InChI=1S/C32H29N3O6.Na.H/c1-40-29-17-21(16-26-23(29)7-11-35(26)22-3-4-22)30(37)34-12-8-32(9-13-34)18-27(36)24-14-19(2-5-28(24)41-32)25-15-20(31(38)39)6-10-33-25;;/h2,5-7,10-11,14-17,22H,3-4,8-9,12-13,18H2,1H3,(H,38,39);;. The molecule has 210 valence electrons. The number of amides is 1. The van der Waals surface area contributed by atoms with Crippen molar-refractivity contribution in [2.75, 3.05) is 20.2 Å². The van der Waals surface area contributed by atoms with Crippen molar-refractivity contribution in [1.82, 2.24) is 14.5 Å². The molecule has 4 aromatic rings. The Morgan fingerprint density at radius 1 is 1.05 bits per heavy atom. The summed E-state index contributed by atoms with van der Waals surface area (Å²) >= 11 is 0. The van der Waals surface area contributed by atoms with Crippen LogP contribution in [0.5, 0.6) is 11.5 Å². The number of aromatic nitrogens is 2. The van der Waals surface area contributed by atoms with E-state index in [9.17, 15) is 19.5 Å². The Hall–Kier alpha value is -3.66. The molecule has 1 spiro atoms. The minimum absolute atomic E-state index is 0. The van der Waals surface area contributed by atoms with E-state index in [-0.39, 0.29) is 53.2 Å². The van der Waals surface area contributed by atoms with Gasteiger partial charge in [0.25, 0.3) is 5.91 Å². The number of fused-ring (bicyclic) bond motifs is 2. The number of pyridine rings is 1. The van der Waals surface area contributed by atoms with Crippen molar-refractivity contribution < 1.29 is 29.0 Å². The minimum atomic E-state index is -1.04. The number of nitrogens with zero attached hydrogens (tertiary/aromatic N) is 3. The zero-order chi connectivity index (χ0) is 28.3. The number of likely N-dealkylation sites (tertiary alicyclic amines) is 1. The molecule has 7 rings (SSSR count). The molecule has 2 aromatic heterocycles. The predicted molar refractivity (Wildman–Crippen MR) is 158 cm³/mol. The molecule has 1 amide bonds. The number of carbonyl (C=O) groups is 3. The number of methoxy groups -OCH3 is 1. The van der Waals surface area contributed by atoms with Gasteiger partial charge in [-0.1, -0.05) is 0 Å². The van der Waals surface area contributed by atoms with Crippen LogP contribution < -0.4 is 9.47 Å². The van der Waals surface area contributed by atoms with Gasteiger partial charge in [0, 0.05) is 60.9 Å². The van der Waals surface area contributed by atoms with Crippen molar-refractivity contribution in [3.63, 3.8) is 0 Å². The quantitative estimate of drug-likeness (QED) is 0.343. The Bertz CT molecular complexity index is 1740. The second-order valence-electron chi connectivity index (χ2n) is 11.2. The molecule has 1 N–H and O–H groups in total. The number of carboxylic acid groups (broad SMARTS) is 1. The van der Waals surface area contributed by atoms with Gasteiger partial charge in [0.1, 0.15) is 17.1 Å². The summed E-state index contributed by atoms with van der Waals surface area (Å²) in [6.45, 7) is 0.963. The molecule has 3 aliphatic rings. The molecule has 2 aliphatic heterocycles. The predicted octanol–water partition coefficient (Wildman–Crippen LogP) is 4.74. The topological polar surface area (TPSA) is 111 Å². The van der Waals surface area contributed by atoms with Crippen LogP contribution in [0.15, 0.2) is 60.9 Å². The van der Waals surface area contributed by atoms with Crippen LogP contribution in [0.2, 0.25) is 0 Å². The van der Waals surface area contributed by atoms with Gasteiger partial charge in [0.05, 0.1) is 35.9 Å². The van der Waals surface area contributed by atoms with Crippen molar-refractivity contribution >= 4 is 58.1 Å². The molecule has 0 atom stereocenters. The maximum atomic E-state index is 13.6. The van der Waals surface area contributed by atoms with Crippen molar-refractivity contribution in [1.29, 1.82) is 0 Å². The first kappa shape index (κ1) is 28.5. The Kier molecular flexibility index (Phi) is 7.37. The molecule has 0 bridgehead atoms. The van der Waals surface area contributed by atoms with E-state index in [1.165, 1.54) is 18.3 Å². The van der Waals surface area contributed by atoms with Gasteiger partial charge < -0.3 is 24.0 Å². The number of aromatic carboxylic acids is 1. The van der Waals surface area contributed by atoms with E-state index in [1.807, 2.05) is 23.1 Å². The second-order valence-corrected chi connectivity index (χ2v) is 11.2. The first-order valence-corrected chi connectivity index (χ1v) is 13.9. The summed E-state index contributed by atoms with van der Waals surface area (Å²) in [4.78, 5) is 44.4. The van der Waals surface area contributed by atoms with Gasteiger partial charge in [-0.25, -0.2) is 4.79 Å². The first-order valence-electron chi connectivity index (χ1n) is 13.9. The zero-order valence-electron chi connectivity index (χ0n) is 22.6. The number of piperidine rings is 1. The Balaban J connectivity index is 0.00000316. The molecule has 0 unspecified atom stereocenters. The van der Waals surface area contributed by atoms with Crippen LogP contribution in [0.1, 0.15) is 69.2 Å². The third kappa shape index (κ3) is 4.99. The summed E-state index contributed by atoms with van der Waals surface area (Å²) in [5.74, 6) is 0.0893. The molecule has 2 aromatic carbocycles. The van der Waals surface area contributed by atoms with Crippen molar-refractivity contribution in [2.45, 2.75) is 43.7 Å². The average molecular weight is 576 g/mol. The summed E-state index contributed by atoms with van der Waals surface area (Å²) in [6.07, 6.45) is 7.14. The number of carbonyl (C=O) groups excluding carboxylic acids is 2. The van der Waals surface area contributed by atoms with E-state index in [0.29, 0.717) is 65.9 Å². The normalized spacial score (nSPS) is 17.4. The number of ketones is 1. The molecule has 4 heterocycles. The van der Waals surface area contributed by atoms with Crippen LogP contribution in [-0.4, -0.2) is 92.6 Å². The zero-order valence-corrected chi connectivity index (χ0v) is 22.6. The van der Waals surface area contributed by atoms with Crippen LogP contribution in [0.4, 0.5) is 0 Å². The molecule has 1 saturated carbocycles. The molecule has 1 aliphatic carbocycles. The summed E-state index contributed by atoms with van der Waals surface area (Å²) in [7, 11) is 1.63. The third-order valence-electron chi connectivity index (χ3n) is 8.56. The molecule has 2 fully saturated rings. The fourth-order valence-corrected chi connectivity index (χ4v) is 6.15. The van der Waals surface area contributed by atoms with E-state index >= 15 is 0 Å². The van der Waals surface area contributed by atoms with Crippen LogP contribution in [0, 0.1) is 0 Å². The molecule has 42 heavy (non-hydrogen) atoms. The summed E-state index contributed by atoms with van der Waals surface area (Å²) in [5.41, 5.74) is 2.69. The Morgan fingerprint density at radius 3 is 2.55 bits per heavy atom. The summed E-state index contributed by atoms with van der Waals surface area (Å²) in [5, 5.41) is 10.3. The molecular formula is C32H30N3NaO6. The van der Waals surface area contributed by atoms with E-state index in [4.69, 9.17) is 9.47 Å². The second kappa shape index (κ2) is 10.9. The number of ether oxygens (including phenoxy) is 2. The summed E-state index contributed by atoms with van der Waals surface area (Å²) < 4.78 is 14.3. The van der Waals surface area contributed by atoms with Gasteiger partial charge >= 0.3 is 35.5 Å². The van der Waals surface area contributed by atoms with Gasteiger partial charge in [-0.05, 0) is 61.4 Å². The summed E-state index contributed by atoms with van der Waals surface area (Å²) in [6, 6.07) is 14.5. The monoisotopic (exact) mass is 575 g/mol. The molecule has 9 nitrogen and oxygen atoms in total. The van der Waals surface area contributed by atoms with E-state index < -0.39 is 11.6 Å². The SMILES string of the molecule is COc1cc(C(=O)N2CCC3(CC2)CC(=O)c2cc(-c4cc(C(=O)O)ccn4)ccc2O3)cc2c1ccn2C1CC1.[NaH]. The number of hydrogen-bond acceptors (Lipinski definition) is 6. The van der Waals surface area contributed by atoms with Crippen LogP contribution in [-0.2, 0) is 0 Å². The van der Waals surface area contributed by atoms with Crippen LogP contribution in [0.3, 0.4) is 0 Å². The fourth-order valence-electron chi connectivity index (χ4n) is 6.15. The van der Waals surface area contributed by atoms with Crippen molar-refractivity contribution in [2.24, 2.45) is 0 Å². The number of rotatable bonds is 5. The third-order valence-corrected chi connectivity index (χ3v) is 8.56. The Morgan fingerprint density at radius 2 is 1.83 bits per heavy atom. The van der Waals surface area contributed by atoms with E-state index in [1.54, 1.807) is 25.3 Å². The Labute approximate surface area is 264 Å². The van der Waals surface area contributed by atoms with Gasteiger partial charge in [0.2, 0.25) is 0 Å². The molecule has 10 heteroatoms. The number of hydrogen-bond donors (Lipinski definition) is 1. The molecular weight excluding hydrogens is 545 g/mol. The van der Waals surface area contributed by atoms with E-state index in [2.05, 4.69) is 15.7 Å². The molecule has 0 radical (unpaired) electrons. The first-order chi connectivity index (χ1) is 19.8. The molecule has 1 saturated heterocycles. The van der Waals surface area contributed by atoms with Crippen LogP contribution in [0.25, 0.3) is 22.2 Å². The van der Waals surface area contributed by atoms with Crippen molar-refractivity contribution in [3.05, 3.63) is 77.6 Å². The van der Waals surface area contributed by atoms with E-state index in [0.717, 1.165) is 23.7 Å². The number of Topliss-reactive ketones (excluding diaryl/α,β-unsaturated/α-hetero) is 1. The average Bonchev–Trinajstić information content (AvgIpc) is 3.74.